The first-order valence-electron chi connectivity index (χ1n) is 5.29. The van der Waals surface area contributed by atoms with E-state index < -0.39 is 0 Å². The monoisotopic (exact) mass is 178 g/mol. The maximum atomic E-state index is 7.64. The molecule has 0 aromatic rings. The van der Waals surface area contributed by atoms with Crippen LogP contribution in [0.15, 0.2) is 12.2 Å². The molecular formula is C11H18N2. The van der Waals surface area contributed by atoms with Crippen LogP contribution in [0.2, 0.25) is 0 Å². The minimum Gasteiger partial charge on any atom is -0.304 e. The molecule has 2 aliphatic rings. The molecule has 1 aliphatic heterocycles. The highest BCUT2D eigenvalue weighted by molar-refractivity contribution is 5.94. The lowest BCUT2D eigenvalue weighted by Gasteiger charge is -2.35. The zero-order valence-electron chi connectivity index (χ0n) is 8.29. The van der Waals surface area contributed by atoms with E-state index in [2.05, 4.69) is 17.9 Å². The van der Waals surface area contributed by atoms with Crippen LogP contribution in [0.4, 0.5) is 0 Å². The van der Waals surface area contributed by atoms with E-state index >= 15 is 0 Å². The smallest absolute Gasteiger partial charge is 0.0452 e. The second kappa shape index (κ2) is 3.62. The summed E-state index contributed by atoms with van der Waals surface area (Å²) in [6.45, 7) is 3.10. The zero-order valence-corrected chi connectivity index (χ0v) is 8.29. The van der Waals surface area contributed by atoms with Crippen LogP contribution in [-0.4, -0.2) is 29.2 Å². The molecule has 0 amide bonds. The van der Waals surface area contributed by atoms with Crippen molar-refractivity contribution in [2.24, 2.45) is 0 Å². The van der Waals surface area contributed by atoms with Crippen LogP contribution in [0, 0.1) is 5.41 Å². The van der Waals surface area contributed by atoms with Gasteiger partial charge in [-0.15, -0.1) is 0 Å². The van der Waals surface area contributed by atoms with Gasteiger partial charge in [-0.3, -0.25) is 4.90 Å². The van der Waals surface area contributed by atoms with Crippen molar-refractivity contribution in [3.8, 4) is 0 Å². The molecule has 2 rings (SSSR count). The lowest BCUT2D eigenvalue weighted by Crippen LogP contribution is -2.44. The molecule has 2 heteroatoms. The predicted octanol–water partition coefficient (Wildman–Crippen LogP) is 2.21. The third-order valence-electron chi connectivity index (χ3n) is 3.25. The Morgan fingerprint density at radius 3 is 2.77 bits per heavy atom. The molecule has 1 saturated carbocycles. The summed E-state index contributed by atoms with van der Waals surface area (Å²) in [5.41, 5.74) is 0.769. The molecule has 1 aliphatic carbocycles. The molecule has 0 aromatic carbocycles. The number of rotatable bonds is 1. The van der Waals surface area contributed by atoms with Crippen LogP contribution < -0.4 is 0 Å². The quantitative estimate of drug-likeness (QED) is 0.655. The predicted molar refractivity (Wildman–Crippen MR) is 55.3 cm³/mol. The first-order valence-corrected chi connectivity index (χ1v) is 5.29. The lowest BCUT2D eigenvalue weighted by molar-refractivity contribution is 0.194. The van der Waals surface area contributed by atoms with Gasteiger partial charge in [0.1, 0.15) is 0 Å². The molecule has 0 spiro atoms. The summed E-state index contributed by atoms with van der Waals surface area (Å²) >= 11 is 0. The molecule has 0 aromatic heterocycles. The Bertz CT molecular complexity index is 226. The Morgan fingerprint density at radius 1 is 1.38 bits per heavy atom. The normalized spacial score (nSPS) is 31.5. The van der Waals surface area contributed by atoms with Gasteiger partial charge in [-0.2, -0.15) is 0 Å². The highest BCUT2D eigenvalue weighted by atomic mass is 15.2. The summed E-state index contributed by atoms with van der Waals surface area (Å²) in [5, 5.41) is 7.64. The van der Waals surface area contributed by atoms with E-state index in [1.807, 2.05) is 6.08 Å². The Balaban J connectivity index is 2.05. The first-order chi connectivity index (χ1) is 6.27. The minimum absolute atomic E-state index is 0.539. The van der Waals surface area contributed by atoms with Crippen molar-refractivity contribution in [2.75, 3.05) is 6.54 Å². The average Bonchev–Trinajstić information content (AvgIpc) is 2.61. The van der Waals surface area contributed by atoms with Crippen molar-refractivity contribution in [2.45, 2.75) is 44.7 Å². The van der Waals surface area contributed by atoms with Crippen LogP contribution in [0.1, 0.15) is 32.6 Å². The summed E-state index contributed by atoms with van der Waals surface area (Å²) in [6.07, 6.45) is 9.55. The Labute approximate surface area is 80.1 Å². The topological polar surface area (TPSA) is 27.1 Å². The van der Waals surface area contributed by atoms with E-state index in [1.54, 1.807) is 0 Å². The molecule has 13 heavy (non-hydrogen) atoms. The minimum atomic E-state index is 0.539. The van der Waals surface area contributed by atoms with Gasteiger partial charge in [0.15, 0.2) is 0 Å². The molecular weight excluding hydrogens is 160 g/mol. The maximum Gasteiger partial charge on any atom is 0.0452 e. The first kappa shape index (κ1) is 8.95. The van der Waals surface area contributed by atoms with E-state index in [1.165, 1.54) is 25.7 Å². The molecule has 0 saturated heterocycles. The zero-order chi connectivity index (χ0) is 9.26. The largest absolute Gasteiger partial charge is 0.304 e. The van der Waals surface area contributed by atoms with Crippen molar-refractivity contribution in [1.29, 1.82) is 5.41 Å². The Hall–Kier alpha value is -0.630. The second-order valence-electron chi connectivity index (χ2n) is 4.24. The van der Waals surface area contributed by atoms with Crippen molar-refractivity contribution in [3.63, 3.8) is 0 Å². The van der Waals surface area contributed by atoms with Crippen LogP contribution in [0.25, 0.3) is 0 Å². The molecule has 0 bridgehead atoms. The molecule has 0 radical (unpaired) electrons. The molecule has 2 nitrogen and oxygen atoms in total. The molecule has 1 fully saturated rings. The summed E-state index contributed by atoms with van der Waals surface area (Å²) in [5.74, 6) is 0. The standard InChI is InChI=1S/C11H18N2/c1-9-6-7-10(12)8-13(9)11-4-2-3-5-11/h6-7,9,11-12H,2-5,8H2,1H3. The van der Waals surface area contributed by atoms with Crippen molar-refractivity contribution >= 4 is 5.71 Å². The summed E-state index contributed by atoms with van der Waals surface area (Å²) in [6, 6.07) is 1.29. The van der Waals surface area contributed by atoms with E-state index in [4.69, 9.17) is 5.41 Å². The highest BCUT2D eigenvalue weighted by Gasteiger charge is 2.27. The molecule has 1 atom stereocenters. The third-order valence-corrected chi connectivity index (χ3v) is 3.25. The third kappa shape index (κ3) is 1.83. The number of hydrogen-bond donors (Lipinski definition) is 1. The van der Waals surface area contributed by atoms with Gasteiger partial charge in [-0.05, 0) is 25.8 Å². The van der Waals surface area contributed by atoms with Gasteiger partial charge in [0.05, 0.1) is 0 Å². The maximum absolute atomic E-state index is 7.64. The van der Waals surface area contributed by atoms with E-state index in [0.717, 1.165) is 18.3 Å². The molecule has 1 unspecified atom stereocenters. The van der Waals surface area contributed by atoms with Crippen molar-refractivity contribution in [1.82, 2.24) is 4.90 Å². The molecule has 1 heterocycles. The fraction of sp³-hybridized carbons (Fsp3) is 0.727. The number of nitrogens with one attached hydrogen (secondary N) is 1. The second-order valence-corrected chi connectivity index (χ2v) is 4.24. The Morgan fingerprint density at radius 2 is 2.08 bits per heavy atom. The van der Waals surface area contributed by atoms with E-state index in [9.17, 15) is 0 Å². The van der Waals surface area contributed by atoms with Crippen LogP contribution >= 0.6 is 0 Å². The summed E-state index contributed by atoms with van der Waals surface area (Å²) in [4.78, 5) is 2.48. The van der Waals surface area contributed by atoms with E-state index in [-0.39, 0.29) is 0 Å². The highest BCUT2D eigenvalue weighted by Crippen LogP contribution is 2.26. The fourth-order valence-corrected chi connectivity index (χ4v) is 2.46. The van der Waals surface area contributed by atoms with Gasteiger partial charge in [0.2, 0.25) is 0 Å². The van der Waals surface area contributed by atoms with Crippen LogP contribution in [-0.2, 0) is 0 Å². The van der Waals surface area contributed by atoms with Gasteiger partial charge in [0, 0.05) is 24.3 Å². The van der Waals surface area contributed by atoms with Gasteiger partial charge >= 0.3 is 0 Å². The van der Waals surface area contributed by atoms with Gasteiger partial charge in [-0.25, -0.2) is 0 Å². The van der Waals surface area contributed by atoms with Crippen LogP contribution in [0.3, 0.4) is 0 Å². The Kier molecular flexibility index (Phi) is 2.49. The van der Waals surface area contributed by atoms with Gasteiger partial charge in [-0.1, -0.05) is 18.9 Å². The van der Waals surface area contributed by atoms with Crippen molar-refractivity contribution in [3.05, 3.63) is 12.2 Å². The molecule has 72 valence electrons. The number of nitrogens with zero attached hydrogens (tertiary/aromatic N) is 1. The van der Waals surface area contributed by atoms with Gasteiger partial charge in [0.25, 0.3) is 0 Å². The number of hydrogen-bond acceptors (Lipinski definition) is 2. The summed E-state index contributed by atoms with van der Waals surface area (Å²) < 4.78 is 0. The molecule has 1 N–H and O–H groups in total. The van der Waals surface area contributed by atoms with E-state index in [0.29, 0.717) is 6.04 Å². The summed E-state index contributed by atoms with van der Waals surface area (Å²) in [7, 11) is 0. The van der Waals surface area contributed by atoms with Crippen LogP contribution in [0.5, 0.6) is 0 Å². The van der Waals surface area contributed by atoms with Gasteiger partial charge < -0.3 is 5.41 Å². The fourth-order valence-electron chi connectivity index (χ4n) is 2.46. The van der Waals surface area contributed by atoms with Crippen molar-refractivity contribution < 1.29 is 0 Å². The lowest BCUT2D eigenvalue weighted by atomic mass is 10.1. The SMILES string of the molecule is CC1C=CC(=N)CN1C1CCCC1. The average molecular weight is 178 g/mol.